The molecule has 1 amide bonds. The number of nitrogens with two attached hydrogens (primary N) is 1. The Labute approximate surface area is 134 Å². The van der Waals surface area contributed by atoms with Crippen LogP contribution in [0, 0.1) is 0 Å². The number of carbonyl (C=O) groups excluding carboxylic acids is 1. The summed E-state index contributed by atoms with van der Waals surface area (Å²) in [4.78, 5) is 15.3. The van der Waals surface area contributed by atoms with Crippen LogP contribution in [0.25, 0.3) is 11.1 Å². The third-order valence-electron chi connectivity index (χ3n) is 3.46. The van der Waals surface area contributed by atoms with E-state index in [4.69, 9.17) is 10.5 Å². The van der Waals surface area contributed by atoms with Crippen molar-refractivity contribution in [3.63, 3.8) is 0 Å². The van der Waals surface area contributed by atoms with Gasteiger partial charge in [-0.1, -0.05) is 42.5 Å². The maximum absolute atomic E-state index is 11.2. The summed E-state index contributed by atoms with van der Waals surface area (Å²) in [5.41, 5.74) is 8.59. The van der Waals surface area contributed by atoms with Crippen molar-refractivity contribution < 1.29 is 9.53 Å². The van der Waals surface area contributed by atoms with Crippen LogP contribution < -0.4 is 10.5 Å². The van der Waals surface area contributed by atoms with Gasteiger partial charge in [0.1, 0.15) is 12.4 Å². The first-order valence-corrected chi connectivity index (χ1v) is 7.24. The van der Waals surface area contributed by atoms with Crippen molar-refractivity contribution in [3.05, 3.63) is 84.2 Å². The molecule has 0 fully saturated rings. The van der Waals surface area contributed by atoms with Gasteiger partial charge >= 0.3 is 0 Å². The topological polar surface area (TPSA) is 65.2 Å². The fraction of sp³-hybridized carbons (Fsp3) is 0.0526. The number of nitrogens with zero attached hydrogens (tertiary/aromatic N) is 1. The highest BCUT2D eigenvalue weighted by molar-refractivity contribution is 5.93. The molecule has 2 N–H and O–H groups in total. The van der Waals surface area contributed by atoms with Crippen LogP contribution in [0.1, 0.15) is 15.9 Å². The molecular weight excluding hydrogens is 288 g/mol. The van der Waals surface area contributed by atoms with Crippen molar-refractivity contribution in [2.24, 2.45) is 5.73 Å². The Kier molecular flexibility index (Phi) is 4.34. The van der Waals surface area contributed by atoms with Crippen molar-refractivity contribution >= 4 is 5.91 Å². The van der Waals surface area contributed by atoms with Gasteiger partial charge in [-0.2, -0.15) is 0 Å². The second-order valence-corrected chi connectivity index (χ2v) is 5.13. The van der Waals surface area contributed by atoms with E-state index < -0.39 is 5.91 Å². The van der Waals surface area contributed by atoms with Crippen LogP contribution in [0.15, 0.2) is 73.1 Å². The summed E-state index contributed by atoms with van der Waals surface area (Å²) < 4.78 is 5.76. The fourth-order valence-corrected chi connectivity index (χ4v) is 2.22. The molecule has 0 saturated carbocycles. The van der Waals surface area contributed by atoms with Gasteiger partial charge in [0, 0.05) is 18.0 Å². The molecule has 2 aromatic carbocycles. The van der Waals surface area contributed by atoms with Gasteiger partial charge in [-0.15, -0.1) is 0 Å². The Morgan fingerprint density at radius 3 is 2.39 bits per heavy atom. The van der Waals surface area contributed by atoms with Crippen LogP contribution in [0.4, 0.5) is 0 Å². The molecule has 0 aliphatic heterocycles. The van der Waals surface area contributed by atoms with Crippen molar-refractivity contribution in [1.29, 1.82) is 0 Å². The highest BCUT2D eigenvalue weighted by Gasteiger charge is 2.04. The zero-order chi connectivity index (χ0) is 16.1. The van der Waals surface area contributed by atoms with E-state index in [9.17, 15) is 4.79 Å². The van der Waals surface area contributed by atoms with Crippen molar-refractivity contribution in [2.45, 2.75) is 6.61 Å². The normalized spacial score (nSPS) is 10.3. The monoisotopic (exact) mass is 304 g/mol. The van der Waals surface area contributed by atoms with Gasteiger partial charge in [-0.05, 0) is 29.3 Å². The van der Waals surface area contributed by atoms with E-state index in [0.29, 0.717) is 12.2 Å². The van der Waals surface area contributed by atoms with E-state index >= 15 is 0 Å². The van der Waals surface area contributed by atoms with Gasteiger partial charge in [-0.25, -0.2) is 0 Å². The standard InChI is InChI=1S/C19H16N2O2/c20-19(22)17-10-16(11-21-12-17)15-6-8-18(9-7-15)23-13-14-4-2-1-3-5-14/h1-12H,13H2,(H2,20,22). The van der Waals surface area contributed by atoms with Gasteiger partial charge in [0.2, 0.25) is 5.91 Å². The summed E-state index contributed by atoms with van der Waals surface area (Å²) >= 11 is 0. The van der Waals surface area contributed by atoms with E-state index in [1.54, 1.807) is 12.3 Å². The maximum Gasteiger partial charge on any atom is 0.250 e. The number of rotatable bonds is 5. The number of carbonyl (C=O) groups is 1. The number of benzene rings is 2. The van der Waals surface area contributed by atoms with Crippen LogP contribution in [0.2, 0.25) is 0 Å². The molecule has 23 heavy (non-hydrogen) atoms. The number of hydrogen-bond acceptors (Lipinski definition) is 3. The predicted molar refractivity (Wildman–Crippen MR) is 89.0 cm³/mol. The molecule has 4 heteroatoms. The number of pyridine rings is 1. The Hall–Kier alpha value is -3.14. The van der Waals surface area contributed by atoms with Crippen molar-refractivity contribution in [3.8, 4) is 16.9 Å². The minimum absolute atomic E-state index is 0.395. The lowest BCUT2D eigenvalue weighted by Gasteiger charge is -2.08. The third-order valence-corrected chi connectivity index (χ3v) is 3.46. The zero-order valence-corrected chi connectivity index (χ0v) is 12.5. The molecule has 4 nitrogen and oxygen atoms in total. The molecule has 3 aromatic rings. The Morgan fingerprint density at radius 2 is 1.70 bits per heavy atom. The number of hydrogen-bond donors (Lipinski definition) is 1. The summed E-state index contributed by atoms with van der Waals surface area (Å²) in [6.07, 6.45) is 3.16. The Bertz CT molecular complexity index is 799. The van der Waals surface area contributed by atoms with Crippen LogP contribution >= 0.6 is 0 Å². The summed E-state index contributed by atoms with van der Waals surface area (Å²) in [5.74, 6) is 0.304. The van der Waals surface area contributed by atoms with E-state index in [0.717, 1.165) is 22.4 Å². The maximum atomic E-state index is 11.2. The minimum Gasteiger partial charge on any atom is -0.489 e. The second-order valence-electron chi connectivity index (χ2n) is 5.13. The molecule has 0 saturated heterocycles. The summed E-state index contributed by atoms with van der Waals surface area (Å²) in [5, 5.41) is 0. The Morgan fingerprint density at radius 1 is 0.957 bits per heavy atom. The highest BCUT2D eigenvalue weighted by atomic mass is 16.5. The van der Waals surface area contributed by atoms with Crippen LogP contribution in [0.3, 0.4) is 0 Å². The molecule has 0 aliphatic carbocycles. The minimum atomic E-state index is -0.484. The molecule has 0 unspecified atom stereocenters. The smallest absolute Gasteiger partial charge is 0.250 e. The van der Waals surface area contributed by atoms with E-state index in [2.05, 4.69) is 4.98 Å². The van der Waals surface area contributed by atoms with Gasteiger partial charge in [0.15, 0.2) is 0 Å². The first-order chi connectivity index (χ1) is 11.2. The number of primary amides is 1. The first-order valence-electron chi connectivity index (χ1n) is 7.24. The number of amides is 1. The predicted octanol–water partition coefficient (Wildman–Crippen LogP) is 3.43. The Balaban J connectivity index is 1.72. The van der Waals surface area contributed by atoms with Crippen LogP contribution in [-0.4, -0.2) is 10.9 Å². The highest BCUT2D eigenvalue weighted by Crippen LogP contribution is 2.23. The summed E-state index contributed by atoms with van der Waals surface area (Å²) in [7, 11) is 0. The first kappa shape index (κ1) is 14.8. The molecule has 0 radical (unpaired) electrons. The lowest BCUT2D eigenvalue weighted by Crippen LogP contribution is -2.11. The lowest BCUT2D eigenvalue weighted by molar-refractivity contribution is 0.1000. The molecule has 1 aromatic heterocycles. The largest absolute Gasteiger partial charge is 0.489 e. The average Bonchev–Trinajstić information content (AvgIpc) is 2.61. The SMILES string of the molecule is NC(=O)c1cncc(-c2ccc(OCc3ccccc3)cc2)c1. The molecule has 0 atom stereocenters. The van der Waals surface area contributed by atoms with Crippen LogP contribution in [-0.2, 0) is 6.61 Å². The number of aromatic nitrogens is 1. The van der Waals surface area contributed by atoms with Gasteiger partial charge in [-0.3, -0.25) is 9.78 Å². The van der Waals surface area contributed by atoms with Crippen LogP contribution in [0.5, 0.6) is 5.75 Å². The third kappa shape index (κ3) is 3.74. The van der Waals surface area contributed by atoms with Crippen molar-refractivity contribution in [1.82, 2.24) is 4.98 Å². The lowest BCUT2D eigenvalue weighted by atomic mass is 10.1. The summed E-state index contributed by atoms with van der Waals surface area (Å²) in [6, 6.07) is 19.4. The average molecular weight is 304 g/mol. The molecule has 3 rings (SSSR count). The fourth-order valence-electron chi connectivity index (χ4n) is 2.22. The quantitative estimate of drug-likeness (QED) is 0.785. The summed E-state index contributed by atoms with van der Waals surface area (Å²) in [6.45, 7) is 0.527. The second kappa shape index (κ2) is 6.75. The molecule has 1 heterocycles. The van der Waals surface area contributed by atoms with E-state index in [1.165, 1.54) is 6.20 Å². The van der Waals surface area contributed by atoms with Crippen molar-refractivity contribution in [2.75, 3.05) is 0 Å². The molecule has 0 spiro atoms. The molecule has 0 bridgehead atoms. The van der Waals surface area contributed by atoms with E-state index in [1.807, 2.05) is 54.6 Å². The van der Waals surface area contributed by atoms with Gasteiger partial charge in [0.05, 0.1) is 5.56 Å². The number of ether oxygens (including phenoxy) is 1. The van der Waals surface area contributed by atoms with Gasteiger partial charge < -0.3 is 10.5 Å². The molecular formula is C19H16N2O2. The molecule has 0 aliphatic rings. The van der Waals surface area contributed by atoms with Gasteiger partial charge in [0.25, 0.3) is 0 Å². The molecule has 114 valence electrons. The zero-order valence-electron chi connectivity index (χ0n) is 12.5. The van der Waals surface area contributed by atoms with E-state index in [-0.39, 0.29) is 0 Å².